The molecule has 0 aromatic heterocycles. The van der Waals surface area contributed by atoms with Crippen LogP contribution < -0.4 is 0 Å². The van der Waals surface area contributed by atoms with Crippen LogP contribution in [0, 0.1) is 0 Å². The van der Waals surface area contributed by atoms with Gasteiger partial charge < -0.3 is 4.90 Å². The predicted molar refractivity (Wildman–Crippen MR) is 95.6 cm³/mol. The molecule has 0 atom stereocenters. The highest BCUT2D eigenvalue weighted by Crippen LogP contribution is 2.17. The number of nitrogens with zero attached hydrogens (tertiary/aromatic N) is 3. The van der Waals surface area contributed by atoms with Crippen molar-refractivity contribution in [1.29, 1.82) is 0 Å². The lowest BCUT2D eigenvalue weighted by molar-refractivity contribution is -0.127. The molecule has 1 saturated heterocycles. The van der Waals surface area contributed by atoms with Crippen molar-refractivity contribution in [1.82, 2.24) is 14.7 Å². The van der Waals surface area contributed by atoms with Gasteiger partial charge in [0.25, 0.3) is 0 Å². The Labute approximate surface area is 141 Å². The molecule has 0 radical (unpaired) electrons. The molecule has 4 nitrogen and oxygen atoms in total. The van der Waals surface area contributed by atoms with Gasteiger partial charge in [-0.25, -0.2) is 0 Å². The second-order valence-electron chi connectivity index (χ2n) is 6.96. The van der Waals surface area contributed by atoms with Crippen LogP contribution in [0.1, 0.15) is 37.8 Å². The summed E-state index contributed by atoms with van der Waals surface area (Å²) in [7, 11) is 1.88. The minimum absolute atomic E-state index is 0.147. The number of carbonyl (C=O) groups excluding carboxylic acids is 1. The summed E-state index contributed by atoms with van der Waals surface area (Å²) >= 11 is 0. The molecule has 0 spiro atoms. The molecule has 0 aliphatic carbocycles. The van der Waals surface area contributed by atoms with Crippen molar-refractivity contribution in [2.75, 3.05) is 46.3 Å². The monoisotopic (exact) mass is 317 g/mol. The Balaban J connectivity index is 1.76. The highest BCUT2D eigenvalue weighted by Gasteiger charge is 2.17. The second-order valence-corrected chi connectivity index (χ2v) is 6.96. The first kappa shape index (κ1) is 18.0. The van der Waals surface area contributed by atoms with Crippen molar-refractivity contribution >= 4 is 5.91 Å². The van der Waals surface area contributed by atoms with Crippen LogP contribution in [0.3, 0.4) is 0 Å². The SMILES string of the molecule is CC(=O)N(C)CCN1CCN(Cc2cccc(C(C)C)c2)CC1. The first-order valence-corrected chi connectivity index (χ1v) is 8.71. The van der Waals surface area contributed by atoms with Gasteiger partial charge in [-0.3, -0.25) is 14.6 Å². The van der Waals surface area contributed by atoms with Gasteiger partial charge in [-0.15, -0.1) is 0 Å². The molecule has 0 bridgehead atoms. The molecule has 1 aromatic carbocycles. The quantitative estimate of drug-likeness (QED) is 0.806. The molecule has 4 heteroatoms. The lowest BCUT2D eigenvalue weighted by atomic mass is 10.0. The Hall–Kier alpha value is -1.39. The Morgan fingerprint density at radius 1 is 1.17 bits per heavy atom. The van der Waals surface area contributed by atoms with Gasteiger partial charge in [-0.2, -0.15) is 0 Å². The van der Waals surface area contributed by atoms with Crippen LogP contribution >= 0.6 is 0 Å². The van der Waals surface area contributed by atoms with E-state index >= 15 is 0 Å². The summed E-state index contributed by atoms with van der Waals surface area (Å²) in [5.41, 5.74) is 2.84. The minimum atomic E-state index is 0.147. The van der Waals surface area contributed by atoms with E-state index in [1.807, 2.05) is 7.05 Å². The summed E-state index contributed by atoms with van der Waals surface area (Å²) in [5.74, 6) is 0.735. The lowest BCUT2D eigenvalue weighted by Gasteiger charge is -2.35. The Morgan fingerprint density at radius 3 is 2.43 bits per heavy atom. The minimum Gasteiger partial charge on any atom is -0.345 e. The third-order valence-electron chi connectivity index (χ3n) is 4.78. The number of amides is 1. The van der Waals surface area contributed by atoms with E-state index in [1.165, 1.54) is 11.1 Å². The van der Waals surface area contributed by atoms with E-state index in [1.54, 1.807) is 11.8 Å². The number of hydrogen-bond donors (Lipinski definition) is 0. The Bertz CT molecular complexity index is 507. The van der Waals surface area contributed by atoms with Crippen LogP contribution in [0.2, 0.25) is 0 Å². The highest BCUT2D eigenvalue weighted by atomic mass is 16.2. The van der Waals surface area contributed by atoms with Gasteiger partial charge >= 0.3 is 0 Å². The van der Waals surface area contributed by atoms with E-state index < -0.39 is 0 Å². The largest absolute Gasteiger partial charge is 0.345 e. The second kappa shape index (κ2) is 8.46. The highest BCUT2D eigenvalue weighted by molar-refractivity contribution is 5.72. The third kappa shape index (κ3) is 5.63. The molecule has 23 heavy (non-hydrogen) atoms. The van der Waals surface area contributed by atoms with Crippen LogP contribution in [0.5, 0.6) is 0 Å². The van der Waals surface area contributed by atoms with Crippen molar-refractivity contribution in [2.45, 2.75) is 33.2 Å². The van der Waals surface area contributed by atoms with Gasteiger partial charge in [0.15, 0.2) is 0 Å². The van der Waals surface area contributed by atoms with Crippen LogP contribution in [-0.4, -0.2) is 66.9 Å². The Morgan fingerprint density at radius 2 is 1.83 bits per heavy atom. The first-order chi connectivity index (χ1) is 11.0. The van der Waals surface area contributed by atoms with Gasteiger partial charge in [0.1, 0.15) is 0 Å². The summed E-state index contributed by atoms with van der Waals surface area (Å²) in [6.45, 7) is 13.4. The van der Waals surface area contributed by atoms with E-state index in [0.29, 0.717) is 5.92 Å². The molecule has 1 aliphatic heterocycles. The zero-order valence-corrected chi connectivity index (χ0v) is 15.1. The predicted octanol–water partition coefficient (Wildman–Crippen LogP) is 2.41. The summed E-state index contributed by atoms with van der Waals surface area (Å²) in [4.78, 5) is 18.0. The van der Waals surface area contributed by atoms with Gasteiger partial charge in [0.05, 0.1) is 0 Å². The van der Waals surface area contributed by atoms with Crippen LogP contribution in [0.25, 0.3) is 0 Å². The number of piperazine rings is 1. The summed E-state index contributed by atoms with van der Waals surface area (Å²) in [6.07, 6.45) is 0. The smallest absolute Gasteiger partial charge is 0.219 e. The van der Waals surface area contributed by atoms with Gasteiger partial charge in [-0.05, 0) is 17.0 Å². The summed E-state index contributed by atoms with van der Waals surface area (Å²) in [5, 5.41) is 0. The average Bonchev–Trinajstić information content (AvgIpc) is 2.54. The zero-order chi connectivity index (χ0) is 16.8. The molecule has 1 amide bonds. The fourth-order valence-corrected chi connectivity index (χ4v) is 2.93. The van der Waals surface area contributed by atoms with Crippen LogP contribution in [0.4, 0.5) is 0 Å². The van der Waals surface area contributed by atoms with E-state index in [-0.39, 0.29) is 5.91 Å². The molecular formula is C19H31N3O. The van der Waals surface area contributed by atoms with E-state index in [2.05, 4.69) is 47.9 Å². The van der Waals surface area contributed by atoms with Crippen molar-refractivity contribution in [2.24, 2.45) is 0 Å². The fraction of sp³-hybridized carbons (Fsp3) is 0.632. The number of benzene rings is 1. The average molecular weight is 317 g/mol. The topological polar surface area (TPSA) is 26.8 Å². The van der Waals surface area contributed by atoms with E-state index in [0.717, 1.165) is 45.8 Å². The maximum Gasteiger partial charge on any atom is 0.219 e. The number of carbonyl (C=O) groups is 1. The van der Waals surface area contributed by atoms with Crippen LogP contribution in [0.15, 0.2) is 24.3 Å². The first-order valence-electron chi connectivity index (χ1n) is 8.71. The molecular weight excluding hydrogens is 286 g/mol. The Kier molecular flexibility index (Phi) is 6.60. The van der Waals surface area contributed by atoms with Gasteiger partial charge in [-0.1, -0.05) is 38.1 Å². The van der Waals surface area contributed by atoms with Crippen molar-refractivity contribution in [3.8, 4) is 0 Å². The molecule has 1 aliphatic rings. The normalized spacial score (nSPS) is 16.7. The van der Waals surface area contributed by atoms with Crippen LogP contribution in [-0.2, 0) is 11.3 Å². The number of rotatable bonds is 6. The van der Waals surface area contributed by atoms with E-state index in [9.17, 15) is 4.79 Å². The molecule has 128 valence electrons. The maximum atomic E-state index is 11.2. The standard InChI is InChI=1S/C19H31N3O/c1-16(2)19-7-5-6-18(14-19)15-22-12-10-21(11-13-22)9-8-20(4)17(3)23/h5-7,14,16H,8-13,15H2,1-4H3. The third-order valence-corrected chi connectivity index (χ3v) is 4.78. The maximum absolute atomic E-state index is 11.2. The fourth-order valence-electron chi connectivity index (χ4n) is 2.93. The molecule has 0 unspecified atom stereocenters. The van der Waals surface area contributed by atoms with E-state index in [4.69, 9.17) is 0 Å². The molecule has 1 heterocycles. The number of likely N-dealkylation sites (N-methyl/N-ethyl adjacent to an activating group) is 1. The van der Waals surface area contributed by atoms with Crippen molar-refractivity contribution in [3.63, 3.8) is 0 Å². The molecule has 0 N–H and O–H groups in total. The molecule has 1 fully saturated rings. The summed E-state index contributed by atoms with van der Waals surface area (Å²) in [6, 6.07) is 8.98. The lowest BCUT2D eigenvalue weighted by Crippen LogP contribution is -2.48. The zero-order valence-electron chi connectivity index (χ0n) is 15.1. The molecule has 0 saturated carbocycles. The van der Waals surface area contributed by atoms with Gasteiger partial charge in [0.2, 0.25) is 5.91 Å². The number of hydrogen-bond acceptors (Lipinski definition) is 3. The summed E-state index contributed by atoms with van der Waals surface area (Å²) < 4.78 is 0. The molecule has 2 rings (SSSR count). The van der Waals surface area contributed by atoms with Gasteiger partial charge in [0, 0.05) is 59.8 Å². The molecule has 1 aromatic rings. The van der Waals surface area contributed by atoms with Crippen molar-refractivity contribution < 1.29 is 4.79 Å². The van der Waals surface area contributed by atoms with Crippen molar-refractivity contribution in [3.05, 3.63) is 35.4 Å².